The van der Waals surface area contributed by atoms with Gasteiger partial charge in [-0.25, -0.2) is 17.9 Å². The van der Waals surface area contributed by atoms with Gasteiger partial charge < -0.3 is 5.73 Å². The number of aryl methyl sites for hydroxylation is 2. The van der Waals surface area contributed by atoms with Crippen LogP contribution in [-0.4, -0.2) is 29.3 Å². The second-order valence-electron chi connectivity index (χ2n) is 5.09. The lowest BCUT2D eigenvalue weighted by atomic mass is 10.3. The van der Waals surface area contributed by atoms with Gasteiger partial charge in [-0.15, -0.1) is 24.2 Å². The fraction of sp³-hybridized carbons (Fsp3) is 0.200. The molecule has 0 saturated heterocycles. The van der Waals surface area contributed by atoms with Crippen molar-refractivity contribution in [3.63, 3.8) is 0 Å². The molecule has 0 saturated carbocycles. The molecule has 0 atom stereocenters. The number of halogens is 1. The van der Waals surface area contributed by atoms with E-state index < -0.39 is 9.84 Å². The second-order valence-corrected chi connectivity index (χ2v) is 7.77. The molecule has 0 aliphatic carbocycles. The molecule has 0 bridgehead atoms. The summed E-state index contributed by atoms with van der Waals surface area (Å²) in [4.78, 5) is 4.73. The smallest absolute Gasteiger partial charge is 0.213 e. The van der Waals surface area contributed by atoms with Crippen LogP contribution < -0.4 is 5.73 Å². The van der Waals surface area contributed by atoms with Crippen molar-refractivity contribution in [2.75, 3.05) is 12.0 Å². The van der Waals surface area contributed by atoms with Gasteiger partial charge in [0.25, 0.3) is 0 Å². The van der Waals surface area contributed by atoms with Crippen LogP contribution in [-0.2, 0) is 9.84 Å². The molecule has 3 rings (SSSR count). The summed E-state index contributed by atoms with van der Waals surface area (Å²) in [7, 11) is -3.72. The number of hydrogen-bond donors (Lipinski definition) is 1. The predicted molar refractivity (Wildman–Crippen MR) is 97.8 cm³/mol. The number of sulfone groups is 1. The maximum atomic E-state index is 13.1. The second kappa shape index (κ2) is 6.62. The molecule has 0 aliphatic heterocycles. The standard InChI is InChI=1S/C15H16N4O2S2.ClH/c1-9-12(16)10(2)19-14(17-9)13(15(18-19)22-3)23(20,21)11-7-5-4-6-8-11;/h4-8H,16H2,1-3H3;1H. The number of fused-ring (bicyclic) bond motifs is 1. The van der Waals surface area contributed by atoms with Crippen molar-refractivity contribution in [3.8, 4) is 0 Å². The van der Waals surface area contributed by atoms with Gasteiger partial charge in [0, 0.05) is 0 Å². The van der Waals surface area contributed by atoms with E-state index in [0.29, 0.717) is 27.7 Å². The molecule has 2 N–H and O–H groups in total. The van der Waals surface area contributed by atoms with Crippen molar-refractivity contribution >= 4 is 45.3 Å². The Labute approximate surface area is 150 Å². The van der Waals surface area contributed by atoms with Gasteiger partial charge in [0.1, 0.15) is 5.03 Å². The molecule has 0 fully saturated rings. The summed E-state index contributed by atoms with van der Waals surface area (Å²) in [6.45, 7) is 3.56. The number of aromatic nitrogens is 3. The first kappa shape index (κ1) is 18.6. The Balaban J connectivity index is 0.00000208. The van der Waals surface area contributed by atoms with Crippen LogP contribution in [0.15, 0.2) is 45.1 Å². The summed E-state index contributed by atoms with van der Waals surface area (Å²) < 4.78 is 27.6. The van der Waals surface area contributed by atoms with Crippen molar-refractivity contribution in [2.24, 2.45) is 0 Å². The Morgan fingerprint density at radius 3 is 2.38 bits per heavy atom. The highest BCUT2D eigenvalue weighted by atomic mass is 35.5. The van der Waals surface area contributed by atoms with Gasteiger partial charge in [0.15, 0.2) is 10.5 Å². The Morgan fingerprint density at radius 1 is 1.17 bits per heavy atom. The van der Waals surface area contributed by atoms with E-state index in [-0.39, 0.29) is 22.2 Å². The van der Waals surface area contributed by atoms with E-state index >= 15 is 0 Å². The Kier molecular flexibility index (Phi) is 5.12. The van der Waals surface area contributed by atoms with Crippen LogP contribution in [0, 0.1) is 13.8 Å². The fourth-order valence-corrected chi connectivity index (χ4v) is 4.80. The summed E-state index contributed by atoms with van der Waals surface area (Å²) in [5.74, 6) is 0. The lowest BCUT2D eigenvalue weighted by Crippen LogP contribution is -2.07. The van der Waals surface area contributed by atoms with Crippen molar-refractivity contribution in [3.05, 3.63) is 41.7 Å². The fourth-order valence-electron chi connectivity index (χ4n) is 2.39. The molecule has 24 heavy (non-hydrogen) atoms. The number of thioether (sulfide) groups is 1. The molecule has 1 aromatic carbocycles. The van der Waals surface area contributed by atoms with Gasteiger partial charge in [-0.2, -0.15) is 5.10 Å². The number of nitrogens with two attached hydrogens (primary N) is 1. The summed E-state index contributed by atoms with van der Waals surface area (Å²) in [6.07, 6.45) is 1.79. The third kappa shape index (κ3) is 2.74. The molecule has 0 aliphatic rings. The van der Waals surface area contributed by atoms with Crippen LogP contribution >= 0.6 is 24.2 Å². The van der Waals surface area contributed by atoms with Crippen molar-refractivity contribution in [2.45, 2.75) is 28.7 Å². The number of benzene rings is 1. The van der Waals surface area contributed by atoms with Crippen molar-refractivity contribution in [1.82, 2.24) is 14.6 Å². The number of nitrogens with zero attached hydrogens (tertiary/aromatic N) is 3. The van der Waals surface area contributed by atoms with Crippen molar-refractivity contribution < 1.29 is 8.42 Å². The van der Waals surface area contributed by atoms with Crippen LogP contribution in [0.5, 0.6) is 0 Å². The molecule has 0 radical (unpaired) electrons. The molecular formula is C15H17ClN4O2S2. The molecule has 0 unspecified atom stereocenters. The number of rotatable bonds is 3. The van der Waals surface area contributed by atoms with Crippen LogP contribution in [0.1, 0.15) is 11.4 Å². The zero-order valence-corrected chi connectivity index (χ0v) is 15.8. The summed E-state index contributed by atoms with van der Waals surface area (Å²) in [5, 5.41) is 4.79. The Morgan fingerprint density at radius 2 is 1.79 bits per heavy atom. The summed E-state index contributed by atoms with van der Waals surface area (Å²) in [6, 6.07) is 8.30. The first-order valence-corrected chi connectivity index (χ1v) is 9.58. The molecule has 128 valence electrons. The van der Waals surface area contributed by atoms with E-state index in [1.165, 1.54) is 16.3 Å². The highest BCUT2D eigenvalue weighted by molar-refractivity contribution is 7.99. The normalized spacial score (nSPS) is 11.5. The monoisotopic (exact) mass is 384 g/mol. The number of nitrogen functional groups attached to an aromatic ring is 1. The third-order valence-electron chi connectivity index (χ3n) is 3.68. The predicted octanol–water partition coefficient (Wildman–Crippen LogP) is 2.90. The average molecular weight is 385 g/mol. The van der Waals surface area contributed by atoms with E-state index in [9.17, 15) is 8.42 Å². The number of anilines is 1. The summed E-state index contributed by atoms with van der Waals surface area (Å²) in [5.41, 5.74) is 8.08. The molecule has 0 spiro atoms. The maximum Gasteiger partial charge on any atom is 0.213 e. The zero-order valence-electron chi connectivity index (χ0n) is 13.3. The van der Waals surface area contributed by atoms with Gasteiger partial charge in [-0.1, -0.05) is 18.2 Å². The lowest BCUT2D eigenvalue weighted by molar-refractivity contribution is 0.594. The maximum absolute atomic E-state index is 13.1. The van der Waals surface area contributed by atoms with Gasteiger partial charge in [-0.3, -0.25) is 0 Å². The third-order valence-corrected chi connectivity index (χ3v) is 6.28. The molecule has 6 nitrogen and oxygen atoms in total. The highest BCUT2D eigenvalue weighted by Crippen LogP contribution is 2.33. The molecule has 2 aromatic heterocycles. The molecule has 9 heteroatoms. The van der Waals surface area contributed by atoms with Crippen LogP contribution in [0.2, 0.25) is 0 Å². The Bertz CT molecular complexity index is 1000. The SMILES string of the molecule is CSc1nn2c(C)c(N)c(C)nc2c1S(=O)(=O)c1ccccc1.Cl. The first-order chi connectivity index (χ1) is 10.9. The molecular weight excluding hydrogens is 368 g/mol. The minimum atomic E-state index is -3.72. The van der Waals surface area contributed by atoms with Gasteiger partial charge in [-0.05, 0) is 32.2 Å². The topological polar surface area (TPSA) is 90.3 Å². The first-order valence-electron chi connectivity index (χ1n) is 6.87. The molecule has 2 heterocycles. The minimum absolute atomic E-state index is 0. The highest BCUT2D eigenvalue weighted by Gasteiger charge is 2.29. The van der Waals surface area contributed by atoms with Crippen LogP contribution in [0.3, 0.4) is 0 Å². The van der Waals surface area contributed by atoms with E-state index in [0.717, 1.165) is 0 Å². The van der Waals surface area contributed by atoms with Crippen LogP contribution in [0.25, 0.3) is 5.65 Å². The summed E-state index contributed by atoms with van der Waals surface area (Å²) >= 11 is 1.27. The Hall–Kier alpha value is -1.77. The van der Waals surface area contributed by atoms with Gasteiger partial charge >= 0.3 is 0 Å². The van der Waals surface area contributed by atoms with Crippen LogP contribution in [0.4, 0.5) is 5.69 Å². The largest absolute Gasteiger partial charge is 0.396 e. The molecule has 0 amide bonds. The van der Waals surface area contributed by atoms with E-state index in [1.807, 2.05) is 0 Å². The minimum Gasteiger partial charge on any atom is -0.396 e. The quantitative estimate of drug-likeness (QED) is 0.698. The number of hydrogen-bond acceptors (Lipinski definition) is 6. The zero-order chi connectivity index (χ0) is 16.8. The van der Waals surface area contributed by atoms with E-state index in [4.69, 9.17) is 5.73 Å². The van der Waals surface area contributed by atoms with E-state index in [2.05, 4.69) is 10.1 Å². The van der Waals surface area contributed by atoms with Gasteiger partial charge in [0.2, 0.25) is 9.84 Å². The molecule has 3 aromatic rings. The lowest BCUT2D eigenvalue weighted by Gasteiger charge is -2.07. The van der Waals surface area contributed by atoms with Crippen molar-refractivity contribution in [1.29, 1.82) is 0 Å². The van der Waals surface area contributed by atoms with Gasteiger partial charge in [0.05, 0.1) is 22.0 Å². The van der Waals surface area contributed by atoms with E-state index in [1.54, 1.807) is 50.4 Å². The average Bonchev–Trinajstić information content (AvgIpc) is 2.93.